The zero-order valence-corrected chi connectivity index (χ0v) is 17.4. The minimum atomic E-state index is -3.61. The lowest BCUT2D eigenvalue weighted by Crippen LogP contribution is -2.50. The molecule has 2 aromatic rings. The number of phenols is 1. The SMILES string of the molecule is CC(C)c1ccc(S(=O)(=O)N2CCN(C(=O)c3cc(Cl)ccc3O)CC2)cc1. The second-order valence-electron chi connectivity index (χ2n) is 7.08. The van der Waals surface area contributed by atoms with Crippen LogP contribution in [0.2, 0.25) is 5.02 Å². The number of carbonyl (C=O) groups is 1. The molecule has 1 aliphatic rings. The van der Waals surface area contributed by atoms with Crippen LogP contribution in [0.25, 0.3) is 0 Å². The van der Waals surface area contributed by atoms with Gasteiger partial charge in [-0.25, -0.2) is 8.42 Å². The number of halogens is 1. The van der Waals surface area contributed by atoms with E-state index in [0.29, 0.717) is 10.9 Å². The van der Waals surface area contributed by atoms with Crippen molar-refractivity contribution in [3.05, 3.63) is 58.6 Å². The molecular weight excluding hydrogens is 400 g/mol. The standard InChI is InChI=1S/C20H23ClN2O4S/c1-14(2)15-3-6-17(7-4-15)28(26,27)23-11-9-22(10-12-23)20(25)18-13-16(21)5-8-19(18)24/h3-8,13-14,24H,9-12H2,1-2H3. The van der Waals surface area contributed by atoms with E-state index in [1.807, 2.05) is 12.1 Å². The van der Waals surface area contributed by atoms with E-state index in [1.54, 1.807) is 12.1 Å². The number of phenolic OH excluding ortho intramolecular Hbond substituents is 1. The molecule has 6 nitrogen and oxygen atoms in total. The predicted octanol–water partition coefficient (Wildman–Crippen LogP) is 3.32. The largest absolute Gasteiger partial charge is 0.507 e. The zero-order valence-electron chi connectivity index (χ0n) is 15.8. The molecule has 28 heavy (non-hydrogen) atoms. The fraction of sp³-hybridized carbons (Fsp3) is 0.350. The Hall–Kier alpha value is -2.09. The number of benzene rings is 2. The minimum absolute atomic E-state index is 0.119. The van der Waals surface area contributed by atoms with Crippen molar-refractivity contribution in [2.75, 3.05) is 26.2 Å². The monoisotopic (exact) mass is 422 g/mol. The van der Waals surface area contributed by atoms with Crippen LogP contribution in [0.4, 0.5) is 0 Å². The highest BCUT2D eigenvalue weighted by Crippen LogP contribution is 2.25. The first kappa shape index (κ1) is 20.6. The van der Waals surface area contributed by atoms with Crippen molar-refractivity contribution in [2.45, 2.75) is 24.7 Å². The lowest BCUT2D eigenvalue weighted by Gasteiger charge is -2.34. The van der Waals surface area contributed by atoms with Crippen LogP contribution in [0.5, 0.6) is 5.75 Å². The zero-order chi connectivity index (χ0) is 20.5. The van der Waals surface area contributed by atoms with Crippen LogP contribution in [0, 0.1) is 0 Å². The number of piperazine rings is 1. The fourth-order valence-electron chi connectivity index (χ4n) is 3.16. The lowest BCUT2D eigenvalue weighted by molar-refractivity contribution is 0.0695. The van der Waals surface area contributed by atoms with E-state index in [1.165, 1.54) is 27.4 Å². The second kappa shape index (κ2) is 8.11. The van der Waals surface area contributed by atoms with Crippen molar-refractivity contribution in [3.8, 4) is 5.75 Å². The number of hydrogen-bond donors (Lipinski definition) is 1. The van der Waals surface area contributed by atoms with E-state index in [4.69, 9.17) is 11.6 Å². The quantitative estimate of drug-likeness (QED) is 0.819. The Kier molecular flexibility index (Phi) is 5.98. The third-order valence-electron chi connectivity index (χ3n) is 4.90. The topological polar surface area (TPSA) is 77.9 Å². The van der Waals surface area contributed by atoms with Gasteiger partial charge in [-0.1, -0.05) is 37.6 Å². The van der Waals surface area contributed by atoms with Gasteiger partial charge < -0.3 is 10.0 Å². The third-order valence-corrected chi connectivity index (χ3v) is 7.05. The molecule has 0 aliphatic carbocycles. The second-order valence-corrected chi connectivity index (χ2v) is 9.46. The van der Waals surface area contributed by atoms with Crippen molar-refractivity contribution in [3.63, 3.8) is 0 Å². The van der Waals surface area contributed by atoms with E-state index in [-0.39, 0.29) is 48.3 Å². The van der Waals surface area contributed by atoms with Gasteiger partial charge in [0.1, 0.15) is 5.75 Å². The number of hydrogen-bond acceptors (Lipinski definition) is 4. The van der Waals surface area contributed by atoms with Crippen molar-refractivity contribution >= 4 is 27.5 Å². The molecule has 1 saturated heterocycles. The highest BCUT2D eigenvalue weighted by molar-refractivity contribution is 7.89. The number of aromatic hydroxyl groups is 1. The molecule has 150 valence electrons. The van der Waals surface area contributed by atoms with Gasteiger partial charge in [0.25, 0.3) is 5.91 Å². The maximum atomic E-state index is 12.9. The van der Waals surface area contributed by atoms with Crippen LogP contribution in [-0.2, 0) is 10.0 Å². The first-order valence-electron chi connectivity index (χ1n) is 9.08. The first-order valence-corrected chi connectivity index (χ1v) is 10.9. The Morgan fingerprint density at radius 3 is 2.21 bits per heavy atom. The maximum Gasteiger partial charge on any atom is 0.257 e. The van der Waals surface area contributed by atoms with E-state index in [0.717, 1.165) is 5.56 Å². The molecule has 2 aromatic carbocycles. The highest BCUT2D eigenvalue weighted by Gasteiger charge is 2.31. The van der Waals surface area contributed by atoms with Crippen molar-refractivity contribution in [1.29, 1.82) is 0 Å². The predicted molar refractivity (Wildman–Crippen MR) is 108 cm³/mol. The van der Waals surface area contributed by atoms with Crippen molar-refractivity contribution in [2.24, 2.45) is 0 Å². The lowest BCUT2D eigenvalue weighted by atomic mass is 10.0. The van der Waals surface area contributed by atoms with Crippen LogP contribution in [0.1, 0.15) is 35.7 Å². The van der Waals surface area contributed by atoms with Crippen LogP contribution >= 0.6 is 11.6 Å². The van der Waals surface area contributed by atoms with Gasteiger partial charge in [0, 0.05) is 31.2 Å². The number of sulfonamides is 1. The summed E-state index contributed by atoms with van der Waals surface area (Å²) >= 11 is 5.91. The molecule has 1 fully saturated rings. The number of rotatable bonds is 4. The Balaban J connectivity index is 1.70. The summed E-state index contributed by atoms with van der Waals surface area (Å²) in [5.41, 5.74) is 1.20. The molecule has 1 aliphatic heterocycles. The summed E-state index contributed by atoms with van der Waals surface area (Å²) in [6, 6.07) is 11.2. The van der Waals surface area contributed by atoms with Gasteiger partial charge >= 0.3 is 0 Å². The highest BCUT2D eigenvalue weighted by atomic mass is 35.5. The summed E-state index contributed by atoms with van der Waals surface area (Å²) in [6.07, 6.45) is 0. The molecule has 1 heterocycles. The van der Waals surface area contributed by atoms with Crippen LogP contribution in [0.15, 0.2) is 47.4 Å². The molecule has 0 atom stereocenters. The summed E-state index contributed by atoms with van der Waals surface area (Å²) < 4.78 is 27.1. The Labute approximate surface area is 170 Å². The summed E-state index contributed by atoms with van der Waals surface area (Å²) in [5, 5.41) is 10.3. The maximum absolute atomic E-state index is 12.9. The van der Waals surface area contributed by atoms with Gasteiger partial charge in [-0.05, 0) is 41.8 Å². The van der Waals surface area contributed by atoms with Crippen LogP contribution in [-0.4, -0.2) is 54.8 Å². The molecule has 0 radical (unpaired) electrons. The fourth-order valence-corrected chi connectivity index (χ4v) is 4.75. The molecule has 8 heteroatoms. The van der Waals surface area contributed by atoms with E-state index in [2.05, 4.69) is 13.8 Å². The normalized spacial score (nSPS) is 15.8. The average Bonchev–Trinajstić information content (AvgIpc) is 2.69. The third kappa shape index (κ3) is 4.16. The van der Waals surface area contributed by atoms with E-state index in [9.17, 15) is 18.3 Å². The molecule has 1 amide bonds. The molecule has 0 saturated carbocycles. The molecule has 0 spiro atoms. The van der Waals surface area contributed by atoms with Crippen molar-refractivity contribution in [1.82, 2.24) is 9.21 Å². The van der Waals surface area contributed by atoms with Crippen LogP contribution in [0.3, 0.4) is 0 Å². The Bertz CT molecular complexity index is 966. The smallest absolute Gasteiger partial charge is 0.257 e. The summed E-state index contributed by atoms with van der Waals surface area (Å²) in [7, 11) is -3.61. The molecule has 0 bridgehead atoms. The van der Waals surface area contributed by atoms with Crippen LogP contribution < -0.4 is 0 Å². The molecule has 0 aromatic heterocycles. The molecule has 0 unspecified atom stereocenters. The summed E-state index contributed by atoms with van der Waals surface area (Å²) in [6.45, 7) is 4.99. The molecule has 1 N–H and O–H groups in total. The van der Waals surface area contributed by atoms with E-state index >= 15 is 0 Å². The number of carbonyl (C=O) groups excluding carboxylic acids is 1. The molecule has 3 rings (SSSR count). The van der Waals surface area contributed by atoms with Gasteiger partial charge in [-0.2, -0.15) is 4.31 Å². The van der Waals surface area contributed by atoms with Gasteiger partial charge in [-0.15, -0.1) is 0 Å². The Morgan fingerprint density at radius 1 is 1.04 bits per heavy atom. The first-order chi connectivity index (χ1) is 13.2. The van der Waals surface area contributed by atoms with Gasteiger partial charge in [0.2, 0.25) is 10.0 Å². The number of nitrogens with zero attached hydrogens (tertiary/aromatic N) is 2. The van der Waals surface area contributed by atoms with Gasteiger partial charge in [-0.3, -0.25) is 4.79 Å². The van der Waals surface area contributed by atoms with Crippen molar-refractivity contribution < 1.29 is 18.3 Å². The summed E-state index contributed by atoms with van der Waals surface area (Å²) in [4.78, 5) is 14.4. The number of amides is 1. The molecular formula is C20H23ClN2O4S. The van der Waals surface area contributed by atoms with E-state index < -0.39 is 10.0 Å². The Morgan fingerprint density at radius 2 is 1.64 bits per heavy atom. The average molecular weight is 423 g/mol. The summed E-state index contributed by atoms with van der Waals surface area (Å²) in [5.74, 6) is -0.178. The van der Waals surface area contributed by atoms with Gasteiger partial charge in [0.15, 0.2) is 0 Å². The minimum Gasteiger partial charge on any atom is -0.507 e. The van der Waals surface area contributed by atoms with Gasteiger partial charge in [0.05, 0.1) is 10.5 Å².